The number of aromatic nitrogens is 1. The van der Waals surface area contributed by atoms with Crippen LogP contribution >= 0.6 is 0 Å². The van der Waals surface area contributed by atoms with Gasteiger partial charge in [-0.25, -0.2) is 4.98 Å². The topological polar surface area (TPSA) is 58.8 Å². The molecular weight excluding hydrogens is 354 g/mol. The average Bonchev–Trinajstić information content (AvgIpc) is 3.09. The van der Waals surface area contributed by atoms with Crippen molar-refractivity contribution in [3.8, 4) is 17.2 Å². The second-order valence-electron chi connectivity index (χ2n) is 7.81. The van der Waals surface area contributed by atoms with Crippen LogP contribution in [-0.4, -0.2) is 53.5 Å². The highest BCUT2D eigenvalue weighted by atomic mass is 16.5. The Morgan fingerprint density at radius 2 is 1.96 bits per heavy atom. The van der Waals surface area contributed by atoms with Gasteiger partial charge in [0.05, 0.1) is 24.9 Å². The van der Waals surface area contributed by atoms with Crippen LogP contribution < -0.4 is 4.74 Å². The molecule has 1 aromatic heterocycles. The van der Waals surface area contributed by atoms with Gasteiger partial charge in [-0.1, -0.05) is 31.4 Å². The van der Waals surface area contributed by atoms with Crippen LogP contribution in [-0.2, 0) is 11.3 Å². The monoisotopic (exact) mass is 383 g/mol. The van der Waals surface area contributed by atoms with E-state index in [-0.39, 0.29) is 5.91 Å². The highest BCUT2D eigenvalue weighted by molar-refractivity contribution is 5.79. The van der Waals surface area contributed by atoms with Crippen molar-refractivity contribution < 1.29 is 13.9 Å². The van der Waals surface area contributed by atoms with E-state index in [1.54, 1.807) is 7.11 Å². The fourth-order valence-electron chi connectivity index (χ4n) is 4.37. The fraction of sp³-hybridized carbons (Fsp3) is 0.545. The molecule has 0 unspecified atom stereocenters. The molecule has 0 bridgehead atoms. The fourth-order valence-corrected chi connectivity index (χ4v) is 4.37. The first-order chi connectivity index (χ1) is 13.7. The molecule has 6 heteroatoms. The highest BCUT2D eigenvalue weighted by Crippen LogP contribution is 2.31. The van der Waals surface area contributed by atoms with Gasteiger partial charge in [0.15, 0.2) is 0 Å². The Kier molecular flexibility index (Phi) is 5.67. The molecule has 6 nitrogen and oxygen atoms in total. The second-order valence-corrected chi connectivity index (χ2v) is 7.81. The number of aryl methyl sites for hydroxylation is 1. The van der Waals surface area contributed by atoms with Crippen LogP contribution in [0.2, 0.25) is 0 Å². The zero-order valence-corrected chi connectivity index (χ0v) is 16.8. The largest absolute Gasteiger partial charge is 0.496 e. The Hall–Kier alpha value is -2.34. The van der Waals surface area contributed by atoms with Gasteiger partial charge in [0.2, 0.25) is 11.8 Å². The van der Waals surface area contributed by atoms with Crippen molar-refractivity contribution >= 4 is 5.91 Å². The number of benzene rings is 1. The Morgan fingerprint density at radius 3 is 2.71 bits per heavy atom. The molecule has 0 spiro atoms. The number of nitrogens with zero attached hydrogens (tertiary/aromatic N) is 3. The van der Waals surface area contributed by atoms with Crippen molar-refractivity contribution in [1.29, 1.82) is 0 Å². The van der Waals surface area contributed by atoms with E-state index in [0.29, 0.717) is 25.0 Å². The molecular formula is C22H29N3O3. The summed E-state index contributed by atoms with van der Waals surface area (Å²) in [6, 6.07) is 8.17. The van der Waals surface area contributed by atoms with Gasteiger partial charge >= 0.3 is 0 Å². The molecule has 1 aliphatic carbocycles. The van der Waals surface area contributed by atoms with Crippen molar-refractivity contribution in [2.45, 2.75) is 51.6 Å². The molecule has 2 aromatic rings. The third kappa shape index (κ3) is 3.92. The Bertz CT molecular complexity index is 826. The molecule has 0 atom stereocenters. The van der Waals surface area contributed by atoms with Gasteiger partial charge in [0, 0.05) is 25.7 Å². The summed E-state index contributed by atoms with van der Waals surface area (Å²) in [7, 11) is 1.65. The quantitative estimate of drug-likeness (QED) is 0.789. The minimum Gasteiger partial charge on any atom is -0.496 e. The minimum absolute atomic E-state index is 0.254. The first kappa shape index (κ1) is 19.0. The molecule has 1 amide bonds. The molecule has 1 saturated carbocycles. The lowest BCUT2D eigenvalue weighted by molar-refractivity contribution is -0.139. The van der Waals surface area contributed by atoms with Crippen LogP contribution in [0.3, 0.4) is 0 Å². The number of carbonyl (C=O) groups excluding carboxylic acids is 1. The number of methoxy groups -OCH3 is 1. The molecule has 4 rings (SSSR count). The van der Waals surface area contributed by atoms with Crippen LogP contribution in [0.5, 0.6) is 5.75 Å². The summed E-state index contributed by atoms with van der Waals surface area (Å²) >= 11 is 0. The van der Waals surface area contributed by atoms with Gasteiger partial charge in [0.1, 0.15) is 11.5 Å². The summed E-state index contributed by atoms with van der Waals surface area (Å²) in [6.45, 7) is 4.74. The number of ether oxygens (including phenoxy) is 1. The number of hydrogen-bond donors (Lipinski definition) is 0. The van der Waals surface area contributed by atoms with Crippen molar-refractivity contribution in [3.63, 3.8) is 0 Å². The normalized spacial score (nSPS) is 19.2. The molecule has 0 radical (unpaired) electrons. The van der Waals surface area contributed by atoms with Crippen LogP contribution in [0, 0.1) is 6.92 Å². The van der Waals surface area contributed by atoms with E-state index in [4.69, 9.17) is 14.1 Å². The van der Waals surface area contributed by atoms with Gasteiger partial charge in [-0.05, 0) is 31.9 Å². The third-order valence-corrected chi connectivity index (χ3v) is 5.96. The lowest BCUT2D eigenvalue weighted by Crippen LogP contribution is -2.54. The number of amides is 1. The summed E-state index contributed by atoms with van der Waals surface area (Å²) in [5, 5.41) is 0. The molecule has 1 aliphatic heterocycles. The number of para-hydroxylation sites is 1. The van der Waals surface area contributed by atoms with E-state index in [1.807, 2.05) is 31.2 Å². The molecule has 150 valence electrons. The van der Waals surface area contributed by atoms with Crippen molar-refractivity contribution in [1.82, 2.24) is 14.8 Å². The SMILES string of the molecule is COc1ccccc1-c1nc(CN2CCN(C3CCCCC3)C(=O)C2)c(C)o1. The van der Waals surface area contributed by atoms with Crippen LogP contribution in [0.25, 0.3) is 11.5 Å². The predicted molar refractivity (Wildman–Crippen MR) is 107 cm³/mol. The summed E-state index contributed by atoms with van der Waals surface area (Å²) in [5.41, 5.74) is 1.73. The van der Waals surface area contributed by atoms with Gasteiger partial charge in [-0.2, -0.15) is 0 Å². The van der Waals surface area contributed by atoms with Crippen LogP contribution in [0.4, 0.5) is 0 Å². The Balaban J connectivity index is 1.43. The van der Waals surface area contributed by atoms with E-state index in [2.05, 4.69) is 9.80 Å². The maximum atomic E-state index is 12.7. The number of oxazole rings is 1. The summed E-state index contributed by atoms with van der Waals surface area (Å²) < 4.78 is 11.3. The molecule has 1 aromatic carbocycles. The zero-order valence-electron chi connectivity index (χ0n) is 16.8. The van der Waals surface area contributed by atoms with Crippen molar-refractivity contribution in [3.05, 3.63) is 35.7 Å². The number of carbonyl (C=O) groups is 1. The van der Waals surface area contributed by atoms with Crippen LogP contribution in [0.15, 0.2) is 28.7 Å². The molecule has 0 N–H and O–H groups in total. The van der Waals surface area contributed by atoms with E-state index in [0.717, 1.165) is 48.7 Å². The van der Waals surface area contributed by atoms with Crippen molar-refractivity contribution in [2.75, 3.05) is 26.7 Å². The van der Waals surface area contributed by atoms with E-state index < -0.39 is 0 Å². The first-order valence-corrected chi connectivity index (χ1v) is 10.3. The summed E-state index contributed by atoms with van der Waals surface area (Å²) in [4.78, 5) is 21.7. The van der Waals surface area contributed by atoms with Gasteiger partial charge < -0.3 is 14.1 Å². The first-order valence-electron chi connectivity index (χ1n) is 10.3. The Morgan fingerprint density at radius 1 is 1.18 bits per heavy atom. The number of hydrogen-bond acceptors (Lipinski definition) is 5. The van der Waals surface area contributed by atoms with E-state index in [9.17, 15) is 4.79 Å². The number of rotatable bonds is 5. The summed E-state index contributed by atoms with van der Waals surface area (Å²) in [6.07, 6.45) is 6.14. The maximum Gasteiger partial charge on any atom is 0.237 e. The standard InChI is InChI=1S/C22H29N3O3/c1-16-19(23-22(28-16)18-10-6-7-11-20(18)27-2)14-24-12-13-25(21(26)15-24)17-8-4-3-5-9-17/h6-7,10-11,17H,3-5,8-9,12-15H2,1-2H3. The molecule has 1 saturated heterocycles. The zero-order chi connectivity index (χ0) is 19.5. The van der Waals surface area contributed by atoms with E-state index in [1.165, 1.54) is 19.3 Å². The molecule has 2 aliphatic rings. The highest BCUT2D eigenvalue weighted by Gasteiger charge is 2.31. The van der Waals surface area contributed by atoms with Gasteiger partial charge in [-0.3, -0.25) is 9.69 Å². The summed E-state index contributed by atoms with van der Waals surface area (Å²) in [5.74, 6) is 2.36. The molecule has 2 heterocycles. The molecule has 2 fully saturated rings. The lowest BCUT2D eigenvalue weighted by atomic mass is 9.93. The average molecular weight is 383 g/mol. The van der Waals surface area contributed by atoms with Crippen molar-refractivity contribution in [2.24, 2.45) is 0 Å². The number of piperazine rings is 1. The van der Waals surface area contributed by atoms with Crippen LogP contribution in [0.1, 0.15) is 43.6 Å². The van der Waals surface area contributed by atoms with Gasteiger partial charge in [-0.15, -0.1) is 0 Å². The smallest absolute Gasteiger partial charge is 0.237 e. The Labute approximate surface area is 166 Å². The predicted octanol–water partition coefficient (Wildman–Crippen LogP) is 3.64. The minimum atomic E-state index is 0.254. The van der Waals surface area contributed by atoms with E-state index >= 15 is 0 Å². The van der Waals surface area contributed by atoms with Gasteiger partial charge in [0.25, 0.3) is 0 Å². The maximum absolute atomic E-state index is 12.7. The molecule has 28 heavy (non-hydrogen) atoms. The second kappa shape index (κ2) is 8.35. The third-order valence-electron chi connectivity index (χ3n) is 5.96. The lowest BCUT2D eigenvalue weighted by Gasteiger charge is -2.40.